The molecule has 0 atom stereocenters. The van der Waals surface area contributed by atoms with Crippen LogP contribution in [0, 0.1) is 0 Å². The molecule has 0 aliphatic rings. The van der Waals surface area contributed by atoms with E-state index in [4.69, 9.17) is 11.6 Å². The number of rotatable bonds is 7. The summed E-state index contributed by atoms with van der Waals surface area (Å²) >= 11 is 6.07. The monoisotopic (exact) mass is 305 g/mol. The maximum absolute atomic E-state index is 11.2. The van der Waals surface area contributed by atoms with Gasteiger partial charge in [-0.2, -0.15) is 0 Å². The molecular formula is C12H20ClN3O2S. The third-order valence-electron chi connectivity index (χ3n) is 2.67. The van der Waals surface area contributed by atoms with E-state index in [0.717, 1.165) is 17.9 Å². The van der Waals surface area contributed by atoms with Crippen molar-refractivity contribution in [2.45, 2.75) is 13.5 Å². The second-order valence-corrected chi connectivity index (χ2v) is 7.13. The van der Waals surface area contributed by atoms with Gasteiger partial charge in [0.05, 0.1) is 10.8 Å². The van der Waals surface area contributed by atoms with Crippen LogP contribution in [0.2, 0.25) is 5.02 Å². The molecule has 0 saturated heterocycles. The predicted octanol–water partition coefficient (Wildman–Crippen LogP) is 1.33. The van der Waals surface area contributed by atoms with E-state index in [-0.39, 0.29) is 5.75 Å². The number of pyridine rings is 1. The summed E-state index contributed by atoms with van der Waals surface area (Å²) in [6.07, 6.45) is 2.83. The normalized spacial score (nSPS) is 11.6. The van der Waals surface area contributed by atoms with Crippen molar-refractivity contribution in [3.8, 4) is 0 Å². The smallest absolute Gasteiger partial charge is 0.149 e. The lowest BCUT2D eigenvalue weighted by Crippen LogP contribution is -2.26. The molecule has 0 amide bonds. The first kappa shape index (κ1) is 16.2. The molecule has 1 heterocycles. The molecule has 0 aliphatic carbocycles. The van der Waals surface area contributed by atoms with Crippen LogP contribution in [0.25, 0.3) is 0 Å². The number of halogens is 1. The minimum Gasteiger partial charge on any atom is -0.359 e. The van der Waals surface area contributed by atoms with Gasteiger partial charge < -0.3 is 10.2 Å². The van der Waals surface area contributed by atoms with E-state index in [1.165, 1.54) is 6.26 Å². The van der Waals surface area contributed by atoms with Gasteiger partial charge in [0.1, 0.15) is 15.7 Å². The number of anilines is 1. The summed E-state index contributed by atoms with van der Waals surface area (Å²) in [5.41, 5.74) is 0.958. The summed E-state index contributed by atoms with van der Waals surface area (Å²) in [5.74, 6) is 0.831. The van der Waals surface area contributed by atoms with E-state index in [1.807, 2.05) is 24.9 Å². The molecule has 0 spiro atoms. The van der Waals surface area contributed by atoms with Gasteiger partial charge in [0.25, 0.3) is 0 Å². The van der Waals surface area contributed by atoms with Crippen molar-refractivity contribution in [2.75, 3.05) is 37.0 Å². The zero-order valence-corrected chi connectivity index (χ0v) is 13.1. The lowest BCUT2D eigenvalue weighted by molar-refractivity contribution is 0.601. The minimum atomic E-state index is -2.97. The molecule has 19 heavy (non-hydrogen) atoms. The number of sulfone groups is 1. The molecule has 5 nitrogen and oxygen atoms in total. The Labute approximate surface area is 119 Å². The van der Waals surface area contributed by atoms with E-state index in [1.54, 1.807) is 6.20 Å². The fourth-order valence-corrected chi connectivity index (χ4v) is 2.26. The average molecular weight is 306 g/mol. The molecule has 0 unspecified atom stereocenters. The van der Waals surface area contributed by atoms with Gasteiger partial charge in [0, 0.05) is 32.6 Å². The summed E-state index contributed by atoms with van der Waals surface area (Å²) in [5, 5.41) is 3.81. The molecule has 0 bridgehead atoms. The summed E-state index contributed by atoms with van der Waals surface area (Å²) < 4.78 is 22.3. The van der Waals surface area contributed by atoms with E-state index in [2.05, 4.69) is 10.3 Å². The van der Waals surface area contributed by atoms with Crippen LogP contribution in [-0.2, 0) is 16.4 Å². The predicted molar refractivity (Wildman–Crippen MR) is 79.6 cm³/mol. The third-order valence-corrected chi connectivity index (χ3v) is 3.94. The zero-order valence-electron chi connectivity index (χ0n) is 11.5. The Kier molecular flexibility index (Phi) is 6.03. The molecule has 0 saturated carbocycles. The molecule has 0 fully saturated rings. The van der Waals surface area contributed by atoms with E-state index >= 15 is 0 Å². The fraction of sp³-hybridized carbons (Fsp3) is 0.583. The van der Waals surface area contributed by atoms with Gasteiger partial charge in [-0.15, -0.1) is 0 Å². The third kappa shape index (κ3) is 5.76. The van der Waals surface area contributed by atoms with Gasteiger partial charge >= 0.3 is 0 Å². The van der Waals surface area contributed by atoms with Crippen molar-refractivity contribution >= 4 is 27.3 Å². The lowest BCUT2D eigenvalue weighted by atomic mass is 10.2. The minimum absolute atomic E-state index is 0.107. The summed E-state index contributed by atoms with van der Waals surface area (Å²) in [6.45, 7) is 3.96. The molecule has 1 aromatic rings. The SMILES string of the molecule is CCNCc1cc(N(C)CCS(C)(=O)=O)ncc1Cl. The van der Waals surface area contributed by atoms with Crippen LogP contribution in [0.3, 0.4) is 0 Å². The highest BCUT2D eigenvalue weighted by Gasteiger charge is 2.09. The Hall–Kier alpha value is -0.850. The van der Waals surface area contributed by atoms with E-state index in [0.29, 0.717) is 18.1 Å². The molecule has 0 aromatic carbocycles. The average Bonchev–Trinajstić information content (AvgIpc) is 2.34. The molecule has 7 heteroatoms. The van der Waals surface area contributed by atoms with Crippen molar-refractivity contribution in [3.05, 3.63) is 22.8 Å². The molecule has 1 N–H and O–H groups in total. The molecule has 1 aromatic heterocycles. The lowest BCUT2D eigenvalue weighted by Gasteiger charge is -2.18. The number of aromatic nitrogens is 1. The number of hydrogen-bond acceptors (Lipinski definition) is 5. The van der Waals surface area contributed by atoms with Gasteiger partial charge in [-0.3, -0.25) is 0 Å². The second-order valence-electron chi connectivity index (χ2n) is 4.47. The summed E-state index contributed by atoms with van der Waals surface area (Å²) in [7, 11) is -1.15. The van der Waals surface area contributed by atoms with Gasteiger partial charge in [-0.05, 0) is 18.2 Å². The molecular weight excluding hydrogens is 286 g/mol. The van der Waals surface area contributed by atoms with Crippen molar-refractivity contribution < 1.29 is 8.42 Å². The number of hydrogen-bond donors (Lipinski definition) is 1. The largest absolute Gasteiger partial charge is 0.359 e. The van der Waals surface area contributed by atoms with Gasteiger partial charge in [0.2, 0.25) is 0 Å². The van der Waals surface area contributed by atoms with Crippen LogP contribution in [0.5, 0.6) is 0 Å². The quantitative estimate of drug-likeness (QED) is 0.823. The van der Waals surface area contributed by atoms with Crippen LogP contribution < -0.4 is 10.2 Å². The number of nitrogens with one attached hydrogen (secondary N) is 1. The van der Waals surface area contributed by atoms with E-state index in [9.17, 15) is 8.42 Å². The summed E-state index contributed by atoms with van der Waals surface area (Å²) in [6, 6.07) is 1.88. The highest BCUT2D eigenvalue weighted by Crippen LogP contribution is 2.19. The second kappa shape index (κ2) is 7.07. The highest BCUT2D eigenvalue weighted by molar-refractivity contribution is 7.90. The standard InChI is InChI=1S/C12H20ClN3O2S/c1-4-14-8-10-7-12(15-9-11(10)13)16(2)5-6-19(3,17)18/h7,9,14H,4-6,8H2,1-3H3. The first-order valence-electron chi connectivity index (χ1n) is 6.07. The van der Waals surface area contributed by atoms with Crippen molar-refractivity contribution in [3.63, 3.8) is 0 Å². The Bertz CT molecular complexity index is 520. The van der Waals surface area contributed by atoms with Gasteiger partial charge in [-0.1, -0.05) is 18.5 Å². The first-order valence-corrected chi connectivity index (χ1v) is 8.51. The number of nitrogens with zero attached hydrogens (tertiary/aromatic N) is 2. The fourth-order valence-electron chi connectivity index (χ4n) is 1.49. The van der Waals surface area contributed by atoms with Crippen molar-refractivity contribution in [1.29, 1.82) is 0 Å². The Balaban J connectivity index is 2.77. The Morgan fingerprint density at radius 3 is 2.74 bits per heavy atom. The Morgan fingerprint density at radius 2 is 2.16 bits per heavy atom. The van der Waals surface area contributed by atoms with Crippen LogP contribution >= 0.6 is 11.6 Å². The van der Waals surface area contributed by atoms with Crippen molar-refractivity contribution in [1.82, 2.24) is 10.3 Å². The van der Waals surface area contributed by atoms with Crippen LogP contribution in [-0.4, -0.2) is 45.5 Å². The maximum Gasteiger partial charge on any atom is 0.149 e. The summed E-state index contributed by atoms with van der Waals surface area (Å²) in [4.78, 5) is 6.03. The first-order chi connectivity index (χ1) is 8.83. The van der Waals surface area contributed by atoms with Crippen molar-refractivity contribution in [2.24, 2.45) is 0 Å². The van der Waals surface area contributed by atoms with E-state index < -0.39 is 9.84 Å². The maximum atomic E-state index is 11.2. The highest BCUT2D eigenvalue weighted by atomic mass is 35.5. The van der Waals surface area contributed by atoms with Gasteiger partial charge in [0.15, 0.2) is 0 Å². The molecule has 0 radical (unpaired) electrons. The van der Waals surface area contributed by atoms with Crippen LogP contribution in [0.4, 0.5) is 5.82 Å². The Morgan fingerprint density at radius 1 is 1.47 bits per heavy atom. The zero-order chi connectivity index (χ0) is 14.5. The topological polar surface area (TPSA) is 62.3 Å². The van der Waals surface area contributed by atoms with Crippen LogP contribution in [0.1, 0.15) is 12.5 Å². The molecule has 1 rings (SSSR count). The van der Waals surface area contributed by atoms with Gasteiger partial charge in [-0.25, -0.2) is 13.4 Å². The molecule has 108 valence electrons. The van der Waals surface area contributed by atoms with Crippen LogP contribution in [0.15, 0.2) is 12.3 Å². The molecule has 0 aliphatic heterocycles.